The Hall–Kier alpha value is -2.63. The van der Waals surface area contributed by atoms with E-state index in [0.717, 1.165) is 12.1 Å². The van der Waals surface area contributed by atoms with Gasteiger partial charge in [0.05, 0.1) is 12.8 Å². The van der Waals surface area contributed by atoms with Gasteiger partial charge in [-0.3, -0.25) is 9.59 Å². The molecule has 1 unspecified atom stereocenters. The monoisotopic (exact) mass is 469 g/mol. The molecule has 0 aliphatic carbocycles. The average Bonchev–Trinajstić information content (AvgIpc) is 2.71. The third-order valence-corrected chi connectivity index (χ3v) is 6.28. The molecule has 0 radical (unpaired) electrons. The highest BCUT2D eigenvalue weighted by molar-refractivity contribution is 7.98. The van der Waals surface area contributed by atoms with Gasteiger partial charge in [0.25, 0.3) is 0 Å². The van der Waals surface area contributed by atoms with E-state index in [-0.39, 0.29) is 12.3 Å². The van der Waals surface area contributed by atoms with Gasteiger partial charge in [0, 0.05) is 12.6 Å². The Balaban J connectivity index is 2.25. The van der Waals surface area contributed by atoms with E-state index in [0.29, 0.717) is 22.9 Å². The van der Waals surface area contributed by atoms with E-state index in [1.54, 1.807) is 12.1 Å². The Morgan fingerprint density at radius 1 is 1.16 bits per heavy atom. The van der Waals surface area contributed by atoms with Crippen molar-refractivity contribution in [2.45, 2.75) is 24.3 Å². The maximum absolute atomic E-state index is 14.0. The number of hydrogen-bond donors (Lipinski definition) is 3. The number of benzene rings is 2. The quantitative estimate of drug-likeness (QED) is 0.493. The topological polar surface area (TPSA) is 114 Å². The number of carbonyl (C=O) groups is 2. The summed E-state index contributed by atoms with van der Waals surface area (Å²) in [4.78, 5) is 23.7. The minimum Gasteiger partial charge on any atom is -0.495 e. The Morgan fingerprint density at radius 3 is 2.48 bits per heavy atom. The summed E-state index contributed by atoms with van der Waals surface area (Å²) in [5.41, 5.74) is 0.675. The number of methoxy groups -OCH3 is 1. The first-order valence-corrected chi connectivity index (χ1v) is 12.1. The van der Waals surface area contributed by atoms with E-state index in [4.69, 9.17) is 4.74 Å². The largest absolute Gasteiger partial charge is 0.495 e. The number of thioether (sulfide) groups is 1. The normalized spacial score (nSPS) is 12.1. The van der Waals surface area contributed by atoms with Crippen LogP contribution in [0.1, 0.15) is 13.3 Å². The van der Waals surface area contributed by atoms with Gasteiger partial charge in [0.2, 0.25) is 21.8 Å². The highest BCUT2D eigenvalue weighted by atomic mass is 32.2. The number of ether oxygens (including phenoxy) is 1. The number of anilines is 2. The average molecular weight is 470 g/mol. The van der Waals surface area contributed by atoms with Gasteiger partial charge in [0.1, 0.15) is 22.5 Å². The van der Waals surface area contributed by atoms with Crippen LogP contribution < -0.4 is 20.1 Å². The Kier molecular flexibility index (Phi) is 8.84. The van der Waals surface area contributed by atoms with Gasteiger partial charge < -0.3 is 15.4 Å². The lowest BCUT2D eigenvalue weighted by Crippen LogP contribution is -2.44. The van der Waals surface area contributed by atoms with E-state index < -0.39 is 32.7 Å². The van der Waals surface area contributed by atoms with Gasteiger partial charge in [0.15, 0.2) is 0 Å². The smallest absolute Gasteiger partial charge is 0.244 e. The summed E-state index contributed by atoms with van der Waals surface area (Å²) in [6, 6.07) is 8.41. The summed E-state index contributed by atoms with van der Waals surface area (Å²) in [6.45, 7) is 1.33. The highest BCUT2D eigenvalue weighted by Crippen LogP contribution is 2.28. The van der Waals surface area contributed by atoms with Crippen LogP contribution in [-0.4, -0.2) is 45.4 Å². The predicted molar refractivity (Wildman–Crippen MR) is 119 cm³/mol. The Morgan fingerprint density at radius 2 is 1.87 bits per heavy atom. The Bertz CT molecular complexity index is 1050. The second-order valence-electron chi connectivity index (χ2n) is 6.47. The van der Waals surface area contributed by atoms with Gasteiger partial charge in [-0.1, -0.05) is 12.1 Å². The first-order chi connectivity index (χ1) is 14.7. The van der Waals surface area contributed by atoms with Crippen molar-refractivity contribution >= 4 is 45.0 Å². The molecule has 2 aromatic carbocycles. The van der Waals surface area contributed by atoms with Crippen molar-refractivity contribution in [2.24, 2.45) is 0 Å². The molecule has 0 fully saturated rings. The number of hydrogen-bond acceptors (Lipinski definition) is 6. The van der Waals surface area contributed by atoms with Crippen molar-refractivity contribution in [3.05, 3.63) is 48.3 Å². The second-order valence-corrected chi connectivity index (χ2v) is 9.14. The molecule has 1 atom stereocenters. The molecule has 2 rings (SSSR count). The third kappa shape index (κ3) is 6.94. The minimum absolute atomic E-state index is 0.190. The first kappa shape index (κ1) is 24.6. The van der Waals surface area contributed by atoms with E-state index >= 15 is 0 Å². The number of halogens is 1. The van der Waals surface area contributed by atoms with Crippen molar-refractivity contribution in [1.29, 1.82) is 0 Å². The molecule has 0 heterocycles. The number of sulfonamides is 1. The molecule has 2 aromatic rings. The van der Waals surface area contributed by atoms with Gasteiger partial charge >= 0.3 is 0 Å². The lowest BCUT2D eigenvalue weighted by molar-refractivity contribution is -0.117. The van der Waals surface area contributed by atoms with Crippen molar-refractivity contribution in [1.82, 2.24) is 4.72 Å². The summed E-state index contributed by atoms with van der Waals surface area (Å²) in [5.74, 6) is -0.954. The fourth-order valence-corrected chi connectivity index (χ4v) is 4.48. The molecule has 11 heteroatoms. The zero-order chi connectivity index (χ0) is 23.0. The fourth-order valence-electron chi connectivity index (χ4n) is 2.70. The molecule has 0 aliphatic heterocycles. The third-order valence-electron chi connectivity index (χ3n) is 4.13. The highest BCUT2D eigenvalue weighted by Gasteiger charge is 2.27. The summed E-state index contributed by atoms with van der Waals surface area (Å²) in [7, 11) is -2.83. The van der Waals surface area contributed by atoms with Crippen LogP contribution in [0.15, 0.2) is 47.4 Å². The van der Waals surface area contributed by atoms with Crippen LogP contribution in [0.4, 0.5) is 15.8 Å². The van der Waals surface area contributed by atoms with Crippen molar-refractivity contribution in [3.63, 3.8) is 0 Å². The maximum atomic E-state index is 14.0. The summed E-state index contributed by atoms with van der Waals surface area (Å²) < 4.78 is 46.7. The first-order valence-electron chi connectivity index (χ1n) is 9.20. The van der Waals surface area contributed by atoms with Gasteiger partial charge in [-0.05, 0) is 48.8 Å². The van der Waals surface area contributed by atoms with E-state index in [9.17, 15) is 22.4 Å². The molecule has 2 amide bonds. The molecule has 168 valence electrons. The van der Waals surface area contributed by atoms with E-state index in [2.05, 4.69) is 15.4 Å². The molecular formula is C20H24FN3O5S2. The van der Waals surface area contributed by atoms with E-state index in [1.165, 1.54) is 44.0 Å². The second kappa shape index (κ2) is 11.1. The lowest BCUT2D eigenvalue weighted by atomic mass is 10.2. The van der Waals surface area contributed by atoms with Crippen molar-refractivity contribution < 1.29 is 27.1 Å². The summed E-state index contributed by atoms with van der Waals surface area (Å²) in [5, 5.41) is 5.22. The van der Waals surface area contributed by atoms with Crippen molar-refractivity contribution in [3.8, 4) is 5.75 Å². The molecular weight excluding hydrogens is 445 g/mol. The van der Waals surface area contributed by atoms with Crippen LogP contribution in [0, 0.1) is 5.82 Å². The SMILES string of the molecule is COc1ccc(NC(=O)C(CCSC)NS(=O)(=O)c2ccccc2F)cc1NC(C)=O. The maximum Gasteiger partial charge on any atom is 0.244 e. The van der Waals surface area contributed by atoms with Crippen LogP contribution in [0.25, 0.3) is 0 Å². The van der Waals surface area contributed by atoms with Crippen LogP contribution in [0.3, 0.4) is 0 Å². The number of nitrogens with one attached hydrogen (secondary N) is 3. The standard InChI is InChI=1S/C20H24FN3O5S2/c1-13(25)22-17-12-14(8-9-18(17)29-2)23-20(26)16(10-11-30-3)24-31(27,28)19-7-5-4-6-15(19)21/h4-9,12,16,24H,10-11H2,1-3H3,(H,22,25)(H,23,26). The molecule has 31 heavy (non-hydrogen) atoms. The number of rotatable bonds is 10. The molecule has 8 nitrogen and oxygen atoms in total. The Labute approximate surface area is 185 Å². The zero-order valence-corrected chi connectivity index (χ0v) is 18.9. The van der Waals surface area contributed by atoms with Gasteiger partial charge in [-0.15, -0.1) is 0 Å². The molecule has 3 N–H and O–H groups in total. The number of amides is 2. The lowest BCUT2D eigenvalue weighted by Gasteiger charge is -2.19. The molecule has 0 spiro atoms. The van der Waals surface area contributed by atoms with Gasteiger partial charge in [-0.25, -0.2) is 12.8 Å². The molecule has 0 saturated carbocycles. The molecule has 0 saturated heterocycles. The van der Waals surface area contributed by atoms with Crippen LogP contribution in [0.2, 0.25) is 0 Å². The zero-order valence-electron chi connectivity index (χ0n) is 17.3. The fraction of sp³-hybridized carbons (Fsp3) is 0.300. The summed E-state index contributed by atoms with van der Waals surface area (Å²) in [6.07, 6.45) is 2.01. The van der Waals surface area contributed by atoms with Crippen LogP contribution in [0.5, 0.6) is 5.75 Å². The van der Waals surface area contributed by atoms with Crippen LogP contribution in [-0.2, 0) is 19.6 Å². The number of carbonyl (C=O) groups excluding carboxylic acids is 2. The molecule has 0 aliphatic rings. The summed E-state index contributed by atoms with van der Waals surface area (Å²) >= 11 is 1.44. The van der Waals surface area contributed by atoms with Crippen LogP contribution >= 0.6 is 11.8 Å². The molecule has 0 aromatic heterocycles. The predicted octanol–water partition coefficient (Wildman–Crippen LogP) is 2.83. The molecule has 0 bridgehead atoms. The van der Waals surface area contributed by atoms with E-state index in [1.807, 2.05) is 6.26 Å². The van der Waals surface area contributed by atoms with Gasteiger partial charge in [-0.2, -0.15) is 16.5 Å². The minimum atomic E-state index is -4.26. The van der Waals surface area contributed by atoms with Crippen molar-refractivity contribution in [2.75, 3.05) is 29.8 Å².